The lowest BCUT2D eigenvalue weighted by Gasteiger charge is -2.36. The number of methoxy groups -OCH3 is 1. The van der Waals surface area contributed by atoms with Crippen molar-refractivity contribution in [2.45, 2.75) is 39.3 Å². The monoisotopic (exact) mass is 276 g/mol. The first-order valence-corrected chi connectivity index (χ1v) is 7.82. The second kappa shape index (κ2) is 7.65. The van der Waals surface area contributed by atoms with Crippen molar-refractivity contribution in [3.63, 3.8) is 0 Å². The molecule has 112 valence electrons. The molecule has 1 aromatic rings. The van der Waals surface area contributed by atoms with Crippen LogP contribution >= 0.6 is 0 Å². The summed E-state index contributed by atoms with van der Waals surface area (Å²) < 4.78 is 5.46. The smallest absolute Gasteiger partial charge is 0.123 e. The molecule has 0 aromatic heterocycles. The second-order valence-electron chi connectivity index (χ2n) is 5.80. The van der Waals surface area contributed by atoms with Gasteiger partial charge in [-0.05, 0) is 44.8 Å². The van der Waals surface area contributed by atoms with Crippen molar-refractivity contribution in [3.05, 3.63) is 29.8 Å². The van der Waals surface area contributed by atoms with Gasteiger partial charge in [-0.3, -0.25) is 4.90 Å². The molecule has 2 unspecified atom stereocenters. The van der Waals surface area contributed by atoms with Crippen LogP contribution in [-0.4, -0.2) is 37.7 Å². The third kappa shape index (κ3) is 3.97. The molecule has 2 atom stereocenters. The van der Waals surface area contributed by atoms with Crippen LogP contribution in [0.25, 0.3) is 0 Å². The molecule has 0 saturated carbocycles. The molecule has 0 bridgehead atoms. The number of para-hydroxylation sites is 1. The summed E-state index contributed by atoms with van der Waals surface area (Å²) in [6.45, 7) is 8.95. The lowest BCUT2D eigenvalue weighted by molar-refractivity contribution is 0.144. The Morgan fingerprint density at radius 2 is 2.20 bits per heavy atom. The molecular formula is C17H28N2O. The minimum absolute atomic E-state index is 0.612. The van der Waals surface area contributed by atoms with Gasteiger partial charge in [-0.15, -0.1) is 0 Å². The molecule has 0 spiro atoms. The van der Waals surface area contributed by atoms with Gasteiger partial charge in [0.1, 0.15) is 5.75 Å². The number of nitrogens with zero attached hydrogens (tertiary/aromatic N) is 1. The Hall–Kier alpha value is -1.06. The van der Waals surface area contributed by atoms with Gasteiger partial charge in [0.05, 0.1) is 7.11 Å². The lowest BCUT2D eigenvalue weighted by atomic mass is 9.91. The molecule has 3 nitrogen and oxygen atoms in total. The maximum atomic E-state index is 5.46. The zero-order chi connectivity index (χ0) is 14.4. The molecule has 1 aromatic carbocycles. The van der Waals surface area contributed by atoms with E-state index in [4.69, 9.17) is 4.74 Å². The Balaban J connectivity index is 1.95. The number of hydrogen-bond acceptors (Lipinski definition) is 3. The molecule has 1 fully saturated rings. The summed E-state index contributed by atoms with van der Waals surface area (Å²) in [7, 11) is 1.76. The number of ether oxygens (including phenoxy) is 1. The van der Waals surface area contributed by atoms with Gasteiger partial charge >= 0.3 is 0 Å². The molecule has 1 heterocycles. The van der Waals surface area contributed by atoms with Crippen LogP contribution in [0.2, 0.25) is 0 Å². The van der Waals surface area contributed by atoms with Gasteiger partial charge in [0, 0.05) is 24.7 Å². The van der Waals surface area contributed by atoms with E-state index in [0.717, 1.165) is 24.8 Å². The summed E-state index contributed by atoms with van der Waals surface area (Å²) in [5.74, 6) is 1.77. The second-order valence-corrected chi connectivity index (χ2v) is 5.80. The summed E-state index contributed by atoms with van der Waals surface area (Å²) in [5, 5.41) is 3.57. The average molecular weight is 276 g/mol. The van der Waals surface area contributed by atoms with E-state index >= 15 is 0 Å². The highest BCUT2D eigenvalue weighted by Crippen LogP contribution is 2.24. The SMILES string of the molecule is CCNC(C)C1CCCN(Cc2ccccc2OC)C1. The summed E-state index contributed by atoms with van der Waals surface area (Å²) in [6.07, 6.45) is 2.64. The number of piperidine rings is 1. The van der Waals surface area contributed by atoms with Gasteiger partial charge in [-0.1, -0.05) is 25.1 Å². The van der Waals surface area contributed by atoms with E-state index < -0.39 is 0 Å². The summed E-state index contributed by atoms with van der Waals surface area (Å²) in [5.41, 5.74) is 1.30. The topological polar surface area (TPSA) is 24.5 Å². The van der Waals surface area contributed by atoms with Crippen LogP contribution in [0.1, 0.15) is 32.3 Å². The van der Waals surface area contributed by atoms with Gasteiger partial charge in [-0.2, -0.15) is 0 Å². The number of likely N-dealkylation sites (tertiary alicyclic amines) is 1. The minimum Gasteiger partial charge on any atom is -0.496 e. The van der Waals surface area contributed by atoms with E-state index in [1.165, 1.54) is 31.5 Å². The molecule has 1 aliphatic heterocycles. The number of benzene rings is 1. The molecule has 1 aliphatic rings. The highest BCUT2D eigenvalue weighted by atomic mass is 16.5. The van der Waals surface area contributed by atoms with Crippen molar-refractivity contribution < 1.29 is 4.74 Å². The summed E-state index contributed by atoms with van der Waals surface area (Å²) in [6, 6.07) is 8.98. The number of hydrogen-bond donors (Lipinski definition) is 1. The Morgan fingerprint density at radius 1 is 1.40 bits per heavy atom. The fourth-order valence-electron chi connectivity index (χ4n) is 3.21. The lowest BCUT2D eigenvalue weighted by Crippen LogP contribution is -2.44. The Bertz CT molecular complexity index is 408. The Kier molecular flexibility index (Phi) is 5.86. The Morgan fingerprint density at radius 3 is 2.95 bits per heavy atom. The molecule has 0 amide bonds. The van der Waals surface area contributed by atoms with E-state index in [-0.39, 0.29) is 0 Å². The van der Waals surface area contributed by atoms with Crippen molar-refractivity contribution in [2.75, 3.05) is 26.7 Å². The van der Waals surface area contributed by atoms with Gasteiger partial charge in [0.15, 0.2) is 0 Å². The van der Waals surface area contributed by atoms with E-state index in [9.17, 15) is 0 Å². The third-order valence-corrected chi connectivity index (χ3v) is 4.36. The standard InChI is InChI=1S/C17H28N2O/c1-4-18-14(2)15-9-7-11-19(12-15)13-16-8-5-6-10-17(16)20-3/h5-6,8,10,14-15,18H,4,7,9,11-13H2,1-3H3. The maximum absolute atomic E-state index is 5.46. The molecule has 2 rings (SSSR count). The zero-order valence-electron chi connectivity index (χ0n) is 13.1. The van der Waals surface area contributed by atoms with Crippen molar-refractivity contribution in [3.8, 4) is 5.75 Å². The predicted molar refractivity (Wildman–Crippen MR) is 84.1 cm³/mol. The van der Waals surface area contributed by atoms with Crippen LogP contribution in [-0.2, 0) is 6.54 Å². The highest BCUT2D eigenvalue weighted by molar-refractivity contribution is 5.33. The van der Waals surface area contributed by atoms with Crippen LogP contribution in [0.15, 0.2) is 24.3 Å². The fraction of sp³-hybridized carbons (Fsp3) is 0.647. The van der Waals surface area contributed by atoms with Gasteiger partial charge in [-0.25, -0.2) is 0 Å². The molecule has 0 aliphatic carbocycles. The summed E-state index contributed by atoms with van der Waals surface area (Å²) in [4.78, 5) is 2.57. The van der Waals surface area contributed by atoms with Crippen LogP contribution in [0.5, 0.6) is 5.75 Å². The van der Waals surface area contributed by atoms with Gasteiger partial charge in [0.2, 0.25) is 0 Å². The maximum Gasteiger partial charge on any atom is 0.123 e. The van der Waals surface area contributed by atoms with Crippen molar-refractivity contribution in [1.82, 2.24) is 10.2 Å². The van der Waals surface area contributed by atoms with Crippen LogP contribution < -0.4 is 10.1 Å². The van der Waals surface area contributed by atoms with Crippen LogP contribution in [0.3, 0.4) is 0 Å². The van der Waals surface area contributed by atoms with E-state index in [2.05, 4.69) is 42.3 Å². The molecule has 20 heavy (non-hydrogen) atoms. The van der Waals surface area contributed by atoms with Gasteiger partial charge < -0.3 is 10.1 Å². The fourth-order valence-corrected chi connectivity index (χ4v) is 3.21. The van der Waals surface area contributed by atoms with Crippen molar-refractivity contribution >= 4 is 0 Å². The van der Waals surface area contributed by atoms with Crippen LogP contribution in [0.4, 0.5) is 0 Å². The normalized spacial score (nSPS) is 21.6. The van der Waals surface area contributed by atoms with E-state index in [1.54, 1.807) is 7.11 Å². The number of rotatable bonds is 6. The van der Waals surface area contributed by atoms with E-state index in [0.29, 0.717) is 6.04 Å². The van der Waals surface area contributed by atoms with Crippen LogP contribution in [0, 0.1) is 5.92 Å². The summed E-state index contributed by atoms with van der Waals surface area (Å²) >= 11 is 0. The van der Waals surface area contributed by atoms with E-state index in [1.807, 2.05) is 6.07 Å². The Labute approximate surface area is 123 Å². The molecule has 3 heteroatoms. The largest absolute Gasteiger partial charge is 0.496 e. The highest BCUT2D eigenvalue weighted by Gasteiger charge is 2.24. The van der Waals surface area contributed by atoms with Crippen molar-refractivity contribution in [2.24, 2.45) is 5.92 Å². The quantitative estimate of drug-likeness (QED) is 0.864. The first-order valence-electron chi connectivity index (χ1n) is 7.82. The third-order valence-electron chi connectivity index (χ3n) is 4.36. The first-order chi connectivity index (χ1) is 9.74. The van der Waals surface area contributed by atoms with Gasteiger partial charge in [0.25, 0.3) is 0 Å². The molecule has 1 saturated heterocycles. The molecule has 0 radical (unpaired) electrons. The first kappa shape index (κ1) is 15.3. The molecular weight excluding hydrogens is 248 g/mol. The minimum atomic E-state index is 0.612. The number of nitrogens with one attached hydrogen (secondary N) is 1. The predicted octanol–water partition coefficient (Wildman–Crippen LogP) is 2.91. The van der Waals surface area contributed by atoms with Crippen molar-refractivity contribution in [1.29, 1.82) is 0 Å². The zero-order valence-corrected chi connectivity index (χ0v) is 13.1. The molecule has 1 N–H and O–H groups in total. The average Bonchev–Trinajstić information content (AvgIpc) is 2.48.